The monoisotopic (exact) mass is 222 g/mol. The first-order valence-corrected chi connectivity index (χ1v) is 6.65. The second kappa shape index (κ2) is 14.2. The largest absolute Gasteiger partial charge is 0.303 e. The molecule has 0 aromatic carbocycles. The summed E-state index contributed by atoms with van der Waals surface area (Å²) in [6, 6.07) is 0. The molecular weight excluding hydrogens is 196 g/mol. The van der Waals surface area contributed by atoms with Crippen LogP contribution in [0.4, 0.5) is 0 Å². The van der Waals surface area contributed by atoms with Gasteiger partial charge in [-0.25, -0.2) is 0 Å². The molecule has 0 aliphatic carbocycles. The van der Waals surface area contributed by atoms with Gasteiger partial charge in [-0.15, -0.1) is 0 Å². The number of hydrogen-bond donors (Lipinski definition) is 0. The standard InChI is InChI=1S/C15H26O/c1-2-3-4-5-6-7-8-9-10-11-12-13-14-15-16/h6-7,9-10,15H,2-5,8,11-14H2,1H3/b7-6-,10-9-. The van der Waals surface area contributed by atoms with Crippen molar-refractivity contribution in [1.82, 2.24) is 0 Å². The van der Waals surface area contributed by atoms with Crippen molar-refractivity contribution in [3.05, 3.63) is 24.3 Å². The second-order valence-corrected chi connectivity index (χ2v) is 4.13. The molecule has 0 saturated carbocycles. The van der Waals surface area contributed by atoms with Gasteiger partial charge in [0, 0.05) is 6.42 Å². The molecule has 0 rings (SSSR count). The highest BCUT2D eigenvalue weighted by molar-refractivity contribution is 5.48. The highest BCUT2D eigenvalue weighted by Crippen LogP contribution is 2.02. The molecule has 0 fully saturated rings. The Bertz CT molecular complexity index is 192. The van der Waals surface area contributed by atoms with Gasteiger partial charge in [0.1, 0.15) is 6.29 Å². The van der Waals surface area contributed by atoms with E-state index in [-0.39, 0.29) is 0 Å². The molecule has 0 spiro atoms. The van der Waals surface area contributed by atoms with E-state index in [1.165, 1.54) is 25.7 Å². The van der Waals surface area contributed by atoms with Crippen LogP contribution in [0.2, 0.25) is 0 Å². The van der Waals surface area contributed by atoms with Crippen LogP contribution in [0, 0.1) is 0 Å². The zero-order valence-electron chi connectivity index (χ0n) is 10.7. The number of carbonyl (C=O) groups excluding carboxylic acids is 1. The van der Waals surface area contributed by atoms with E-state index in [4.69, 9.17) is 0 Å². The fourth-order valence-electron chi connectivity index (χ4n) is 1.51. The van der Waals surface area contributed by atoms with E-state index in [0.29, 0.717) is 6.42 Å². The minimum absolute atomic E-state index is 0.713. The molecule has 0 aliphatic rings. The molecule has 0 unspecified atom stereocenters. The fourth-order valence-corrected chi connectivity index (χ4v) is 1.51. The third-order valence-electron chi connectivity index (χ3n) is 2.52. The average Bonchev–Trinajstić information content (AvgIpc) is 2.31. The van der Waals surface area contributed by atoms with E-state index in [0.717, 1.165) is 32.0 Å². The summed E-state index contributed by atoms with van der Waals surface area (Å²) in [5, 5.41) is 0. The van der Waals surface area contributed by atoms with Crippen LogP contribution in [0.5, 0.6) is 0 Å². The van der Waals surface area contributed by atoms with Crippen molar-refractivity contribution >= 4 is 6.29 Å². The lowest BCUT2D eigenvalue weighted by atomic mass is 10.1. The van der Waals surface area contributed by atoms with Crippen molar-refractivity contribution in [2.24, 2.45) is 0 Å². The van der Waals surface area contributed by atoms with E-state index >= 15 is 0 Å². The van der Waals surface area contributed by atoms with Gasteiger partial charge in [-0.3, -0.25) is 0 Å². The Hall–Kier alpha value is -0.850. The first-order valence-electron chi connectivity index (χ1n) is 6.65. The van der Waals surface area contributed by atoms with Gasteiger partial charge < -0.3 is 4.79 Å². The maximum Gasteiger partial charge on any atom is 0.119 e. The van der Waals surface area contributed by atoms with Gasteiger partial charge >= 0.3 is 0 Å². The number of rotatable bonds is 11. The van der Waals surface area contributed by atoms with Crippen LogP contribution in [0.25, 0.3) is 0 Å². The van der Waals surface area contributed by atoms with Crippen molar-refractivity contribution in [2.75, 3.05) is 0 Å². The smallest absolute Gasteiger partial charge is 0.119 e. The second-order valence-electron chi connectivity index (χ2n) is 4.13. The summed E-state index contributed by atoms with van der Waals surface area (Å²) >= 11 is 0. The summed E-state index contributed by atoms with van der Waals surface area (Å²) in [5.41, 5.74) is 0. The minimum Gasteiger partial charge on any atom is -0.303 e. The molecule has 0 heterocycles. The van der Waals surface area contributed by atoms with Crippen LogP contribution in [0.15, 0.2) is 24.3 Å². The lowest BCUT2D eigenvalue weighted by Gasteiger charge is -1.91. The quantitative estimate of drug-likeness (QED) is 0.278. The van der Waals surface area contributed by atoms with Gasteiger partial charge in [0.2, 0.25) is 0 Å². The Balaban J connectivity index is 3.16. The van der Waals surface area contributed by atoms with Crippen LogP contribution in [-0.2, 0) is 4.79 Å². The predicted octanol–water partition coefficient (Wildman–Crippen LogP) is 4.83. The third-order valence-corrected chi connectivity index (χ3v) is 2.52. The number of hydrogen-bond acceptors (Lipinski definition) is 1. The summed E-state index contributed by atoms with van der Waals surface area (Å²) < 4.78 is 0. The average molecular weight is 222 g/mol. The fraction of sp³-hybridized carbons (Fsp3) is 0.667. The van der Waals surface area contributed by atoms with Crippen molar-refractivity contribution in [3.8, 4) is 0 Å². The molecule has 0 radical (unpaired) electrons. The molecule has 0 atom stereocenters. The molecule has 0 aromatic rings. The van der Waals surface area contributed by atoms with Crippen molar-refractivity contribution in [2.45, 2.75) is 64.7 Å². The summed E-state index contributed by atoms with van der Waals surface area (Å²) in [7, 11) is 0. The van der Waals surface area contributed by atoms with E-state index < -0.39 is 0 Å². The number of allylic oxidation sites excluding steroid dienone is 4. The molecule has 0 bridgehead atoms. The van der Waals surface area contributed by atoms with Crippen LogP contribution in [0.3, 0.4) is 0 Å². The SMILES string of the molecule is CCCCC/C=C\C/C=C\CCCCC=O. The first kappa shape index (κ1) is 15.2. The van der Waals surface area contributed by atoms with Gasteiger partial charge in [-0.1, -0.05) is 44.1 Å². The van der Waals surface area contributed by atoms with Gasteiger partial charge in [0.15, 0.2) is 0 Å². The molecule has 0 aliphatic heterocycles. The first-order chi connectivity index (χ1) is 7.91. The normalized spacial score (nSPS) is 11.6. The maximum absolute atomic E-state index is 10.1. The van der Waals surface area contributed by atoms with Gasteiger partial charge in [-0.05, 0) is 38.5 Å². The van der Waals surface area contributed by atoms with E-state index in [1.807, 2.05) is 0 Å². The van der Waals surface area contributed by atoms with Crippen molar-refractivity contribution in [3.63, 3.8) is 0 Å². The van der Waals surface area contributed by atoms with Crippen molar-refractivity contribution < 1.29 is 4.79 Å². The Morgan fingerprint density at radius 3 is 1.88 bits per heavy atom. The summed E-state index contributed by atoms with van der Waals surface area (Å²) in [6.45, 7) is 2.23. The van der Waals surface area contributed by atoms with Crippen LogP contribution in [-0.4, -0.2) is 6.29 Å². The predicted molar refractivity (Wildman–Crippen MR) is 71.6 cm³/mol. The van der Waals surface area contributed by atoms with Crippen LogP contribution < -0.4 is 0 Å². The maximum atomic E-state index is 10.1. The number of carbonyl (C=O) groups is 1. The Morgan fingerprint density at radius 1 is 0.750 bits per heavy atom. The van der Waals surface area contributed by atoms with E-state index in [1.54, 1.807) is 0 Å². The minimum atomic E-state index is 0.713. The lowest BCUT2D eigenvalue weighted by Crippen LogP contribution is -1.75. The molecule has 1 nitrogen and oxygen atoms in total. The van der Waals surface area contributed by atoms with E-state index in [9.17, 15) is 4.79 Å². The summed E-state index contributed by atoms with van der Waals surface area (Å²) in [4.78, 5) is 10.1. The third kappa shape index (κ3) is 13.2. The molecule has 0 aromatic heterocycles. The zero-order chi connectivity index (χ0) is 11.9. The van der Waals surface area contributed by atoms with Gasteiger partial charge in [-0.2, -0.15) is 0 Å². The molecular formula is C15H26O. The lowest BCUT2D eigenvalue weighted by molar-refractivity contribution is -0.107. The molecule has 0 saturated heterocycles. The van der Waals surface area contributed by atoms with Gasteiger partial charge in [0.05, 0.1) is 0 Å². The van der Waals surface area contributed by atoms with Crippen LogP contribution >= 0.6 is 0 Å². The van der Waals surface area contributed by atoms with Crippen molar-refractivity contribution in [1.29, 1.82) is 0 Å². The summed E-state index contributed by atoms with van der Waals surface area (Å²) in [6.07, 6.45) is 20.2. The summed E-state index contributed by atoms with van der Waals surface area (Å²) in [5.74, 6) is 0. The highest BCUT2D eigenvalue weighted by Gasteiger charge is 1.84. The van der Waals surface area contributed by atoms with E-state index in [2.05, 4.69) is 31.2 Å². The Morgan fingerprint density at radius 2 is 1.31 bits per heavy atom. The number of unbranched alkanes of at least 4 members (excludes halogenated alkanes) is 6. The van der Waals surface area contributed by atoms with Crippen LogP contribution in [0.1, 0.15) is 64.7 Å². The number of aldehydes is 1. The molecule has 16 heavy (non-hydrogen) atoms. The Kier molecular flexibility index (Phi) is 13.4. The highest BCUT2D eigenvalue weighted by atomic mass is 16.1. The Labute approximate surface area is 101 Å². The zero-order valence-corrected chi connectivity index (χ0v) is 10.7. The molecule has 0 amide bonds. The molecule has 1 heteroatoms. The molecule has 0 N–H and O–H groups in total. The topological polar surface area (TPSA) is 17.1 Å². The molecule has 92 valence electrons. The van der Waals surface area contributed by atoms with Gasteiger partial charge in [0.25, 0.3) is 0 Å².